The molecule has 26 heavy (non-hydrogen) atoms. The molecule has 0 aliphatic rings. The monoisotopic (exact) mass is 377 g/mol. The number of nitro groups is 1. The van der Waals surface area contributed by atoms with Crippen LogP contribution in [0.5, 0.6) is 5.75 Å². The Morgan fingerprint density at radius 2 is 2.08 bits per heavy atom. The first kappa shape index (κ1) is 19.4. The molecule has 0 bridgehead atoms. The Bertz CT molecular complexity index is 834. The summed E-state index contributed by atoms with van der Waals surface area (Å²) in [6, 6.07) is 8.13. The molecule has 0 spiro atoms. The number of hydrogen-bond acceptors (Lipinski definition) is 6. The molecule has 0 unspecified atom stereocenters. The highest BCUT2D eigenvalue weighted by Gasteiger charge is 2.24. The first-order valence-corrected chi connectivity index (χ1v) is 8.65. The van der Waals surface area contributed by atoms with Crippen LogP contribution in [-0.2, 0) is 4.79 Å². The van der Waals surface area contributed by atoms with Gasteiger partial charge in [0.15, 0.2) is 0 Å². The minimum absolute atomic E-state index is 0.0877. The van der Waals surface area contributed by atoms with Crippen molar-refractivity contribution in [1.29, 1.82) is 0 Å². The van der Waals surface area contributed by atoms with E-state index in [0.29, 0.717) is 22.9 Å². The third kappa shape index (κ3) is 4.57. The number of nitrogens with zero attached hydrogens (tertiary/aromatic N) is 2. The van der Waals surface area contributed by atoms with Crippen LogP contribution in [0.25, 0.3) is 0 Å². The van der Waals surface area contributed by atoms with Gasteiger partial charge in [-0.2, -0.15) is 0 Å². The highest BCUT2D eigenvalue weighted by Crippen LogP contribution is 2.29. The number of carbonyl (C=O) groups excluding carboxylic acids is 2. The summed E-state index contributed by atoms with van der Waals surface area (Å²) >= 11 is 1.05. The number of methoxy groups -OCH3 is 1. The van der Waals surface area contributed by atoms with Crippen molar-refractivity contribution in [2.24, 2.45) is 0 Å². The average Bonchev–Trinajstić information content (AvgIpc) is 3.01. The quantitative estimate of drug-likeness (QED) is 0.590. The molecule has 1 aromatic heterocycles. The number of nitrogens with one attached hydrogen (secondary N) is 1. The molecular formula is C17H19N3O5S. The molecule has 0 atom stereocenters. The van der Waals surface area contributed by atoms with Crippen LogP contribution in [0.4, 0.5) is 11.4 Å². The molecule has 0 saturated carbocycles. The van der Waals surface area contributed by atoms with Crippen LogP contribution >= 0.6 is 11.3 Å². The van der Waals surface area contributed by atoms with Crippen LogP contribution in [0.3, 0.4) is 0 Å². The van der Waals surface area contributed by atoms with Crippen LogP contribution in [0, 0.1) is 17.0 Å². The van der Waals surface area contributed by atoms with Gasteiger partial charge in [0.1, 0.15) is 12.3 Å². The number of benzene rings is 1. The maximum absolute atomic E-state index is 12.6. The summed E-state index contributed by atoms with van der Waals surface area (Å²) in [5, 5.41) is 13.6. The Kier molecular flexibility index (Phi) is 6.29. The molecule has 9 heteroatoms. The Labute approximate surface area is 154 Å². The molecule has 2 amide bonds. The third-order valence-corrected chi connectivity index (χ3v) is 4.68. The topological polar surface area (TPSA) is 102 Å². The molecule has 0 aliphatic heterocycles. The largest absolute Gasteiger partial charge is 0.497 e. The van der Waals surface area contributed by atoms with Gasteiger partial charge in [-0.1, -0.05) is 6.07 Å². The minimum Gasteiger partial charge on any atom is -0.497 e. The maximum Gasteiger partial charge on any atom is 0.283 e. The number of carbonyl (C=O) groups is 2. The summed E-state index contributed by atoms with van der Waals surface area (Å²) in [5.41, 5.74) is 0.468. The predicted molar refractivity (Wildman–Crippen MR) is 98.9 cm³/mol. The fourth-order valence-electron chi connectivity index (χ4n) is 2.32. The Balaban J connectivity index is 2.07. The standard InChI is InChI=1S/C17H19N3O5S/c1-4-19(17(22)15-9-14(20(23)24)11(2)26-15)10-16(21)18-12-6-5-7-13(8-12)25-3/h5-9H,4,10H2,1-3H3,(H,18,21). The Hall–Kier alpha value is -2.94. The van der Waals surface area contributed by atoms with Crippen LogP contribution < -0.4 is 10.1 Å². The van der Waals surface area contributed by atoms with Gasteiger partial charge >= 0.3 is 0 Å². The van der Waals surface area contributed by atoms with E-state index in [1.54, 1.807) is 38.1 Å². The Morgan fingerprint density at radius 3 is 2.65 bits per heavy atom. The fourth-order valence-corrected chi connectivity index (χ4v) is 3.27. The fraction of sp³-hybridized carbons (Fsp3) is 0.294. The van der Waals surface area contributed by atoms with Crippen LogP contribution in [-0.4, -0.2) is 41.8 Å². The summed E-state index contributed by atoms with van der Waals surface area (Å²) in [6.07, 6.45) is 0. The van der Waals surface area contributed by atoms with E-state index >= 15 is 0 Å². The number of aryl methyl sites for hydroxylation is 1. The van der Waals surface area contributed by atoms with Crippen molar-refractivity contribution < 1.29 is 19.2 Å². The van der Waals surface area contributed by atoms with E-state index in [2.05, 4.69) is 5.32 Å². The van der Waals surface area contributed by atoms with Crippen molar-refractivity contribution >= 4 is 34.5 Å². The lowest BCUT2D eigenvalue weighted by atomic mass is 10.3. The van der Waals surface area contributed by atoms with E-state index in [4.69, 9.17) is 4.74 Å². The summed E-state index contributed by atoms with van der Waals surface area (Å²) < 4.78 is 5.10. The van der Waals surface area contributed by atoms with Crippen molar-refractivity contribution in [1.82, 2.24) is 4.90 Å². The van der Waals surface area contributed by atoms with Gasteiger partial charge < -0.3 is 15.0 Å². The van der Waals surface area contributed by atoms with Crippen LogP contribution in [0.1, 0.15) is 21.5 Å². The molecule has 8 nitrogen and oxygen atoms in total. The van der Waals surface area contributed by atoms with E-state index in [9.17, 15) is 19.7 Å². The van der Waals surface area contributed by atoms with Crippen molar-refractivity contribution in [3.8, 4) is 5.75 Å². The smallest absolute Gasteiger partial charge is 0.283 e. The Morgan fingerprint density at radius 1 is 1.35 bits per heavy atom. The number of likely N-dealkylation sites (N-methyl/N-ethyl adjacent to an activating group) is 1. The summed E-state index contributed by atoms with van der Waals surface area (Å²) in [6.45, 7) is 3.48. The highest BCUT2D eigenvalue weighted by molar-refractivity contribution is 7.14. The number of anilines is 1. The second kappa shape index (κ2) is 8.43. The zero-order valence-corrected chi connectivity index (χ0v) is 15.5. The molecule has 0 fully saturated rings. The van der Waals surface area contributed by atoms with E-state index in [1.165, 1.54) is 18.1 Å². The molecular weight excluding hydrogens is 358 g/mol. The van der Waals surface area contributed by atoms with Crippen molar-refractivity contribution in [3.05, 3.63) is 50.2 Å². The summed E-state index contributed by atoms with van der Waals surface area (Å²) in [5.74, 6) is -0.168. The maximum atomic E-state index is 12.6. The van der Waals surface area contributed by atoms with Crippen LogP contribution in [0.2, 0.25) is 0 Å². The molecule has 0 radical (unpaired) electrons. The number of hydrogen-bond donors (Lipinski definition) is 1. The highest BCUT2D eigenvalue weighted by atomic mass is 32.1. The molecule has 0 saturated heterocycles. The predicted octanol–water partition coefficient (Wildman–Crippen LogP) is 3.07. The molecule has 0 aliphatic carbocycles. The van der Waals surface area contributed by atoms with Crippen molar-refractivity contribution in [3.63, 3.8) is 0 Å². The normalized spacial score (nSPS) is 10.3. The zero-order valence-electron chi connectivity index (χ0n) is 14.6. The molecule has 138 valence electrons. The second-order valence-electron chi connectivity index (χ2n) is 5.41. The SMILES string of the molecule is CCN(CC(=O)Nc1cccc(OC)c1)C(=O)c1cc([N+](=O)[O-])c(C)s1. The van der Waals surface area contributed by atoms with Gasteiger partial charge in [0.25, 0.3) is 11.6 Å². The third-order valence-electron chi connectivity index (χ3n) is 3.66. The lowest BCUT2D eigenvalue weighted by molar-refractivity contribution is -0.385. The van der Waals surface area contributed by atoms with E-state index < -0.39 is 10.8 Å². The molecule has 1 heterocycles. The number of amides is 2. The molecule has 1 aromatic carbocycles. The van der Waals surface area contributed by atoms with Gasteiger partial charge in [0, 0.05) is 24.4 Å². The second-order valence-corrected chi connectivity index (χ2v) is 6.66. The summed E-state index contributed by atoms with van der Waals surface area (Å²) in [4.78, 5) is 37.3. The minimum atomic E-state index is -0.519. The van der Waals surface area contributed by atoms with Crippen molar-refractivity contribution in [2.75, 3.05) is 25.5 Å². The zero-order chi connectivity index (χ0) is 19.3. The van der Waals surface area contributed by atoms with Gasteiger partial charge in [-0.25, -0.2) is 0 Å². The van der Waals surface area contributed by atoms with Gasteiger partial charge in [0.2, 0.25) is 5.91 Å². The number of thiophene rings is 1. The summed E-state index contributed by atoms with van der Waals surface area (Å²) in [7, 11) is 1.53. The van der Waals surface area contributed by atoms with E-state index in [-0.39, 0.29) is 23.0 Å². The first-order valence-electron chi connectivity index (χ1n) is 7.83. The van der Waals surface area contributed by atoms with Gasteiger partial charge in [-0.3, -0.25) is 19.7 Å². The van der Waals surface area contributed by atoms with Crippen molar-refractivity contribution in [2.45, 2.75) is 13.8 Å². The van der Waals surface area contributed by atoms with Gasteiger partial charge in [0.05, 0.1) is 21.8 Å². The molecule has 2 aromatic rings. The van der Waals surface area contributed by atoms with Crippen LogP contribution in [0.15, 0.2) is 30.3 Å². The number of ether oxygens (including phenoxy) is 1. The van der Waals surface area contributed by atoms with E-state index in [1.807, 2.05) is 0 Å². The van der Waals surface area contributed by atoms with Gasteiger partial charge in [-0.05, 0) is 26.0 Å². The molecule has 1 N–H and O–H groups in total. The average molecular weight is 377 g/mol. The molecule has 2 rings (SSSR count). The number of rotatable bonds is 7. The first-order chi connectivity index (χ1) is 12.3. The van der Waals surface area contributed by atoms with E-state index in [0.717, 1.165) is 11.3 Å². The lowest BCUT2D eigenvalue weighted by Gasteiger charge is -2.19. The van der Waals surface area contributed by atoms with Gasteiger partial charge in [-0.15, -0.1) is 11.3 Å². The lowest BCUT2D eigenvalue weighted by Crippen LogP contribution is -2.37.